The second-order valence-electron chi connectivity index (χ2n) is 12.6. The largest absolute Gasteiger partial charge is 0.134 e. The van der Waals surface area contributed by atoms with Crippen LogP contribution in [0.15, 0.2) is 109 Å². The molecule has 246 valence electrons. The minimum atomic E-state index is 0.919. The Hall–Kier alpha value is -5.26. The highest BCUT2D eigenvalue weighted by atomic mass is 32.1. The zero-order chi connectivity index (χ0) is 34.8. The molecule has 3 aromatic heterocycles. The number of hydrogen-bond acceptors (Lipinski definition) is 3. The maximum absolute atomic E-state index is 5.12. The normalized spacial score (nSPS) is 10.5. The van der Waals surface area contributed by atoms with Gasteiger partial charge in [-0.2, -0.15) is 0 Å². The zero-order valence-corrected chi connectivity index (χ0v) is 31.1. The van der Waals surface area contributed by atoms with E-state index in [1.807, 2.05) is 40.1 Å². The van der Waals surface area contributed by atoms with E-state index in [-0.39, 0.29) is 0 Å². The molecule has 0 unspecified atom stereocenters. The Morgan fingerprint density at radius 1 is 0.451 bits per heavy atom. The third-order valence-corrected chi connectivity index (χ3v) is 12.7. The van der Waals surface area contributed by atoms with Gasteiger partial charge in [0.25, 0.3) is 0 Å². The summed E-state index contributed by atoms with van der Waals surface area (Å²) >= 11 is 5.59. The molecule has 0 aliphatic carbocycles. The molecule has 4 aromatic carbocycles. The van der Waals surface area contributed by atoms with Gasteiger partial charge in [0, 0.05) is 34.8 Å². The molecule has 7 rings (SSSR count). The fourth-order valence-corrected chi connectivity index (χ4v) is 9.47. The summed E-state index contributed by atoms with van der Waals surface area (Å²) in [6.45, 7) is 2.28. The van der Waals surface area contributed by atoms with Crippen LogP contribution in [0.5, 0.6) is 0 Å². The Kier molecular flexibility index (Phi) is 11.2. The number of thiophene rings is 3. The summed E-state index contributed by atoms with van der Waals surface area (Å²) < 4.78 is 0. The third kappa shape index (κ3) is 8.56. The molecular weight excluding hydrogens is 673 g/mol. The van der Waals surface area contributed by atoms with E-state index in [0.717, 1.165) is 10.9 Å². The molecule has 0 radical (unpaired) electrons. The van der Waals surface area contributed by atoms with Crippen molar-refractivity contribution in [2.45, 2.75) is 51.9 Å². The summed E-state index contributed by atoms with van der Waals surface area (Å²) in [7, 11) is 0. The number of rotatable bonds is 11. The molecule has 3 heteroatoms. The predicted molar refractivity (Wildman–Crippen MR) is 225 cm³/mol. The number of hydrogen-bond donors (Lipinski definition) is 0. The highest BCUT2D eigenvalue weighted by molar-refractivity contribution is 7.27. The van der Waals surface area contributed by atoms with E-state index in [0.29, 0.717) is 0 Å². The van der Waals surface area contributed by atoms with E-state index in [1.54, 1.807) is 0 Å². The van der Waals surface area contributed by atoms with Crippen LogP contribution in [0.2, 0.25) is 0 Å². The zero-order valence-electron chi connectivity index (χ0n) is 28.6. The minimum Gasteiger partial charge on any atom is -0.134 e. The first-order valence-corrected chi connectivity index (χ1v) is 20.0. The number of unbranched alkanes of at least 4 members (excludes halogenated alkanes) is 5. The van der Waals surface area contributed by atoms with Crippen LogP contribution in [0.3, 0.4) is 0 Å². The highest BCUT2D eigenvalue weighted by Crippen LogP contribution is 2.43. The first kappa shape index (κ1) is 34.2. The van der Waals surface area contributed by atoms with Crippen molar-refractivity contribution in [1.82, 2.24) is 0 Å². The fraction of sp³-hybridized carbons (Fsp3) is 0.167. The average Bonchev–Trinajstić information content (AvgIpc) is 3.96. The van der Waals surface area contributed by atoms with Crippen LogP contribution in [0.4, 0.5) is 0 Å². The van der Waals surface area contributed by atoms with E-state index in [9.17, 15) is 0 Å². The lowest BCUT2D eigenvalue weighted by Crippen LogP contribution is -1.87. The summed E-state index contributed by atoms with van der Waals surface area (Å²) in [6.07, 6.45) is 14.3. The van der Waals surface area contributed by atoms with E-state index >= 15 is 0 Å². The van der Waals surface area contributed by atoms with Gasteiger partial charge in [0.15, 0.2) is 0 Å². The second kappa shape index (κ2) is 16.6. The molecule has 0 aliphatic heterocycles. The average molecular weight is 709 g/mol. The van der Waals surface area contributed by atoms with Crippen molar-refractivity contribution in [1.29, 1.82) is 0 Å². The van der Waals surface area contributed by atoms with Crippen LogP contribution in [0.1, 0.15) is 56.6 Å². The van der Waals surface area contributed by atoms with Gasteiger partial charge in [0.05, 0.1) is 0 Å². The van der Waals surface area contributed by atoms with Crippen molar-refractivity contribution in [3.05, 3.63) is 120 Å². The lowest BCUT2D eigenvalue weighted by atomic mass is 10.00. The van der Waals surface area contributed by atoms with Crippen molar-refractivity contribution in [2.24, 2.45) is 0 Å². The van der Waals surface area contributed by atoms with Gasteiger partial charge in [-0.1, -0.05) is 93.5 Å². The molecule has 0 N–H and O–H groups in total. The van der Waals surface area contributed by atoms with Crippen molar-refractivity contribution in [3.63, 3.8) is 0 Å². The summed E-state index contributed by atoms with van der Waals surface area (Å²) in [5.41, 5.74) is 4.88. The van der Waals surface area contributed by atoms with Gasteiger partial charge in [-0.15, -0.1) is 40.4 Å². The van der Waals surface area contributed by atoms with Crippen LogP contribution < -0.4 is 0 Å². The number of benzene rings is 4. The molecule has 0 atom stereocenters. The lowest BCUT2D eigenvalue weighted by molar-refractivity contribution is 0.607. The Balaban J connectivity index is 1.04. The Morgan fingerprint density at radius 2 is 0.961 bits per heavy atom. The molecule has 0 nitrogen and oxygen atoms in total. The topological polar surface area (TPSA) is 0 Å². The van der Waals surface area contributed by atoms with Gasteiger partial charge in [0.2, 0.25) is 0 Å². The molecule has 0 saturated heterocycles. The van der Waals surface area contributed by atoms with Crippen LogP contribution in [-0.2, 0) is 6.42 Å². The maximum atomic E-state index is 5.12. The van der Waals surface area contributed by atoms with Gasteiger partial charge < -0.3 is 0 Å². The highest BCUT2D eigenvalue weighted by Gasteiger charge is 2.12. The first-order chi connectivity index (χ1) is 25.2. The quantitative estimate of drug-likeness (QED) is 0.0927. The summed E-state index contributed by atoms with van der Waals surface area (Å²) in [5, 5.41) is 4.99. The van der Waals surface area contributed by atoms with Crippen LogP contribution in [0.25, 0.3) is 61.9 Å². The molecule has 51 heavy (non-hydrogen) atoms. The molecule has 0 spiro atoms. The van der Waals surface area contributed by atoms with Crippen molar-refractivity contribution in [3.8, 4) is 88.3 Å². The van der Waals surface area contributed by atoms with E-state index in [4.69, 9.17) is 6.42 Å². The van der Waals surface area contributed by atoms with E-state index in [2.05, 4.69) is 151 Å². The number of fused-ring (bicyclic) bond motifs is 2. The second-order valence-corrected chi connectivity index (χ2v) is 15.8. The smallest absolute Gasteiger partial charge is 0.0449 e. The van der Waals surface area contributed by atoms with Gasteiger partial charge in [0.1, 0.15) is 0 Å². The summed E-state index contributed by atoms with van der Waals surface area (Å²) in [5.74, 6) is 18.6. The molecular formula is C48H36S3. The molecule has 0 fully saturated rings. The molecule has 7 aromatic rings. The van der Waals surface area contributed by atoms with Crippen molar-refractivity contribution >= 4 is 55.6 Å². The standard InChI is InChI=1S/C48H36S3/c1-3-5-7-9-11-13-15-35-17-19-37-21-23-39(33-41(37)31-35)43-25-27-45(49-43)47-29-30-48(51-47)46-28-26-44(50-46)40-24-22-38-20-18-36(32-42(38)34-40)16-14-12-10-8-6-4-2/h1,17-34H,4,6,8,10,12,14,16H2,2H3. The van der Waals surface area contributed by atoms with E-state index < -0.39 is 0 Å². The summed E-state index contributed by atoms with van der Waals surface area (Å²) in [6, 6.07) is 40.4. The first-order valence-electron chi connectivity index (χ1n) is 17.5. The Bertz CT molecular complexity index is 2560. The maximum Gasteiger partial charge on any atom is 0.0449 e. The van der Waals surface area contributed by atoms with Gasteiger partial charge in [-0.3, -0.25) is 0 Å². The monoisotopic (exact) mass is 708 g/mol. The number of terminal acetylenes is 1. The SMILES string of the molecule is C#CC#CC#CC#Cc1ccc2ccc(-c3ccc(-c4ccc(-c5ccc(-c6ccc7ccc(CCCCCCCC)cc7c6)s5)s4)s3)cc2c1. The Labute approximate surface area is 314 Å². The Morgan fingerprint density at radius 3 is 1.61 bits per heavy atom. The van der Waals surface area contributed by atoms with Gasteiger partial charge in [-0.25, -0.2) is 0 Å². The third-order valence-electron chi connectivity index (χ3n) is 8.97. The van der Waals surface area contributed by atoms with Gasteiger partial charge >= 0.3 is 0 Å². The molecule has 0 aliphatic rings. The molecule has 0 saturated carbocycles. The lowest BCUT2D eigenvalue weighted by Gasteiger charge is -2.06. The van der Waals surface area contributed by atoms with Crippen molar-refractivity contribution < 1.29 is 0 Å². The van der Waals surface area contributed by atoms with Crippen LogP contribution in [0, 0.1) is 47.9 Å². The van der Waals surface area contributed by atoms with Gasteiger partial charge in [-0.05, 0) is 147 Å². The fourth-order valence-electron chi connectivity index (χ4n) is 6.28. The predicted octanol–water partition coefficient (Wildman–Crippen LogP) is 13.7. The summed E-state index contributed by atoms with van der Waals surface area (Å²) in [4.78, 5) is 7.78. The van der Waals surface area contributed by atoms with Crippen LogP contribution >= 0.6 is 34.0 Å². The molecule has 0 amide bonds. The molecule has 0 bridgehead atoms. The van der Waals surface area contributed by atoms with E-state index in [1.165, 1.54) is 107 Å². The minimum absolute atomic E-state index is 0.919. The van der Waals surface area contributed by atoms with Crippen molar-refractivity contribution in [2.75, 3.05) is 0 Å². The van der Waals surface area contributed by atoms with Crippen LogP contribution in [-0.4, -0.2) is 0 Å². The number of aryl methyl sites for hydroxylation is 1. The molecule has 3 heterocycles.